The van der Waals surface area contributed by atoms with E-state index >= 15 is 0 Å². The maximum absolute atomic E-state index is 9.81. The fraction of sp³-hybridized carbons (Fsp3) is 0.421. The van der Waals surface area contributed by atoms with Gasteiger partial charge in [-0.3, -0.25) is 15.3 Å². The predicted molar refractivity (Wildman–Crippen MR) is 100 cm³/mol. The van der Waals surface area contributed by atoms with Crippen LogP contribution >= 0.6 is 11.6 Å². The van der Waals surface area contributed by atoms with E-state index < -0.39 is 6.10 Å². The SMILES string of the molecule is CCC=NC[C@@H](O)CONC1=CCCCC1=Cc1ccc(Cl)cc1. The summed E-state index contributed by atoms with van der Waals surface area (Å²) in [7, 11) is 0. The lowest BCUT2D eigenvalue weighted by Gasteiger charge is -2.19. The fourth-order valence-corrected chi connectivity index (χ4v) is 2.54. The van der Waals surface area contributed by atoms with E-state index in [0.29, 0.717) is 6.54 Å². The summed E-state index contributed by atoms with van der Waals surface area (Å²) in [6.07, 6.45) is 9.48. The topological polar surface area (TPSA) is 53.9 Å². The van der Waals surface area contributed by atoms with Gasteiger partial charge in [-0.2, -0.15) is 0 Å². The lowest BCUT2D eigenvalue weighted by Crippen LogP contribution is -2.26. The number of halogens is 1. The van der Waals surface area contributed by atoms with Crippen molar-refractivity contribution in [3.05, 3.63) is 52.2 Å². The maximum atomic E-state index is 9.81. The third kappa shape index (κ3) is 6.48. The fourth-order valence-electron chi connectivity index (χ4n) is 2.42. The third-order valence-electron chi connectivity index (χ3n) is 3.64. The van der Waals surface area contributed by atoms with Crippen LogP contribution in [-0.4, -0.2) is 30.6 Å². The number of benzene rings is 1. The summed E-state index contributed by atoms with van der Waals surface area (Å²) in [6, 6.07) is 7.77. The molecule has 0 fully saturated rings. The lowest BCUT2D eigenvalue weighted by molar-refractivity contribution is -0.00137. The number of hydrogen-bond acceptors (Lipinski definition) is 4. The van der Waals surface area contributed by atoms with Gasteiger partial charge in [0.25, 0.3) is 0 Å². The first-order valence-electron chi connectivity index (χ1n) is 8.40. The van der Waals surface area contributed by atoms with E-state index in [1.807, 2.05) is 31.2 Å². The zero-order chi connectivity index (χ0) is 17.2. The van der Waals surface area contributed by atoms with Gasteiger partial charge in [-0.05, 0) is 61.2 Å². The lowest BCUT2D eigenvalue weighted by atomic mass is 9.97. The minimum Gasteiger partial charge on any atom is -0.389 e. The van der Waals surface area contributed by atoms with Crippen LogP contribution in [0, 0.1) is 0 Å². The largest absolute Gasteiger partial charge is 0.389 e. The van der Waals surface area contributed by atoms with Crippen LogP contribution < -0.4 is 5.48 Å². The van der Waals surface area contributed by atoms with Crippen molar-refractivity contribution in [3.63, 3.8) is 0 Å². The molecule has 1 atom stereocenters. The van der Waals surface area contributed by atoms with Gasteiger partial charge >= 0.3 is 0 Å². The van der Waals surface area contributed by atoms with Crippen molar-refractivity contribution in [3.8, 4) is 0 Å². The molecule has 2 N–H and O–H groups in total. The van der Waals surface area contributed by atoms with Crippen molar-refractivity contribution < 1.29 is 9.94 Å². The van der Waals surface area contributed by atoms with E-state index in [2.05, 4.69) is 22.6 Å². The van der Waals surface area contributed by atoms with Crippen molar-refractivity contribution in [2.45, 2.75) is 38.7 Å². The molecule has 0 heterocycles. The van der Waals surface area contributed by atoms with Crippen LogP contribution in [0.5, 0.6) is 0 Å². The van der Waals surface area contributed by atoms with Gasteiger partial charge in [0.05, 0.1) is 18.3 Å². The van der Waals surface area contributed by atoms with E-state index in [9.17, 15) is 5.11 Å². The number of allylic oxidation sites excluding steroid dienone is 2. The average Bonchev–Trinajstić information content (AvgIpc) is 2.59. The van der Waals surface area contributed by atoms with E-state index in [1.54, 1.807) is 6.21 Å². The number of aliphatic imine (C=N–C) groups is 1. The van der Waals surface area contributed by atoms with Gasteiger partial charge < -0.3 is 5.11 Å². The molecular weight excluding hydrogens is 324 g/mol. The van der Waals surface area contributed by atoms with Gasteiger partial charge in [0.1, 0.15) is 6.61 Å². The number of aliphatic hydroxyl groups excluding tert-OH is 1. The molecule has 0 unspecified atom stereocenters. The number of aliphatic hydroxyl groups is 1. The van der Waals surface area contributed by atoms with Crippen LogP contribution in [0.25, 0.3) is 6.08 Å². The maximum Gasteiger partial charge on any atom is 0.102 e. The Morgan fingerprint density at radius 3 is 2.92 bits per heavy atom. The third-order valence-corrected chi connectivity index (χ3v) is 3.89. The first-order chi connectivity index (χ1) is 11.7. The number of nitrogens with one attached hydrogen (secondary N) is 1. The Balaban J connectivity index is 1.89. The molecule has 0 amide bonds. The molecule has 0 aromatic heterocycles. The van der Waals surface area contributed by atoms with E-state index in [-0.39, 0.29) is 6.61 Å². The van der Waals surface area contributed by atoms with Crippen LogP contribution in [0.2, 0.25) is 5.02 Å². The molecule has 0 spiro atoms. The van der Waals surface area contributed by atoms with Crippen molar-refractivity contribution in [1.29, 1.82) is 0 Å². The van der Waals surface area contributed by atoms with Crippen molar-refractivity contribution in [1.82, 2.24) is 5.48 Å². The first kappa shape index (κ1) is 18.7. The molecule has 1 aromatic rings. The van der Waals surface area contributed by atoms with Gasteiger partial charge in [-0.25, -0.2) is 0 Å². The van der Waals surface area contributed by atoms with Crippen LogP contribution in [0.3, 0.4) is 0 Å². The highest BCUT2D eigenvalue weighted by atomic mass is 35.5. The van der Waals surface area contributed by atoms with E-state index in [1.165, 1.54) is 5.57 Å². The monoisotopic (exact) mass is 348 g/mol. The minimum atomic E-state index is -0.604. The Bertz CT molecular complexity index is 594. The summed E-state index contributed by atoms with van der Waals surface area (Å²) < 4.78 is 0. The summed E-state index contributed by atoms with van der Waals surface area (Å²) in [5.74, 6) is 0. The molecule has 5 heteroatoms. The van der Waals surface area contributed by atoms with Crippen LogP contribution in [0.15, 0.2) is 46.6 Å². The zero-order valence-corrected chi connectivity index (χ0v) is 14.8. The van der Waals surface area contributed by atoms with E-state index in [0.717, 1.165) is 42.0 Å². The summed E-state index contributed by atoms with van der Waals surface area (Å²) in [5.41, 5.74) is 6.26. The molecule has 0 radical (unpaired) electrons. The second kappa shape index (κ2) is 10.3. The van der Waals surface area contributed by atoms with Crippen molar-refractivity contribution in [2.24, 2.45) is 4.99 Å². The summed E-state index contributed by atoms with van der Waals surface area (Å²) in [6.45, 7) is 2.58. The number of rotatable bonds is 8. The zero-order valence-electron chi connectivity index (χ0n) is 14.0. The Morgan fingerprint density at radius 2 is 2.17 bits per heavy atom. The van der Waals surface area contributed by atoms with Gasteiger partial charge in [0.15, 0.2) is 0 Å². The van der Waals surface area contributed by atoms with Crippen LogP contribution in [0.1, 0.15) is 38.2 Å². The highest BCUT2D eigenvalue weighted by Gasteiger charge is 2.11. The number of hydroxylamine groups is 1. The molecule has 24 heavy (non-hydrogen) atoms. The van der Waals surface area contributed by atoms with Crippen molar-refractivity contribution in [2.75, 3.05) is 13.2 Å². The summed E-state index contributed by atoms with van der Waals surface area (Å²) in [5, 5.41) is 10.5. The Hall–Kier alpha value is -1.62. The smallest absolute Gasteiger partial charge is 0.102 e. The highest BCUT2D eigenvalue weighted by Crippen LogP contribution is 2.25. The second-order valence-corrected chi connectivity index (χ2v) is 6.19. The molecule has 0 saturated carbocycles. The summed E-state index contributed by atoms with van der Waals surface area (Å²) >= 11 is 5.93. The molecule has 1 aromatic carbocycles. The Morgan fingerprint density at radius 1 is 1.38 bits per heavy atom. The van der Waals surface area contributed by atoms with Crippen molar-refractivity contribution >= 4 is 23.9 Å². The highest BCUT2D eigenvalue weighted by molar-refractivity contribution is 6.30. The minimum absolute atomic E-state index is 0.201. The molecule has 130 valence electrons. The van der Waals surface area contributed by atoms with Gasteiger partial charge in [0, 0.05) is 5.02 Å². The second-order valence-electron chi connectivity index (χ2n) is 5.75. The molecule has 4 nitrogen and oxygen atoms in total. The number of nitrogens with zero attached hydrogens (tertiary/aromatic N) is 1. The van der Waals surface area contributed by atoms with Crippen LogP contribution in [-0.2, 0) is 4.84 Å². The molecule has 0 aliphatic heterocycles. The molecule has 2 rings (SSSR count). The number of hydrogen-bond donors (Lipinski definition) is 2. The van der Waals surface area contributed by atoms with Crippen LogP contribution in [0.4, 0.5) is 0 Å². The van der Waals surface area contributed by atoms with Gasteiger partial charge in [0.2, 0.25) is 0 Å². The quantitative estimate of drug-likeness (QED) is 0.548. The summed E-state index contributed by atoms with van der Waals surface area (Å²) in [4.78, 5) is 9.56. The van der Waals surface area contributed by atoms with Gasteiger partial charge in [-0.1, -0.05) is 36.7 Å². The van der Waals surface area contributed by atoms with Gasteiger partial charge in [-0.15, -0.1) is 0 Å². The molecular formula is C19H25ClN2O2. The van der Waals surface area contributed by atoms with E-state index in [4.69, 9.17) is 16.4 Å². The molecule has 1 aliphatic carbocycles. The average molecular weight is 349 g/mol. The Kier molecular flexibility index (Phi) is 8.02. The first-order valence-corrected chi connectivity index (χ1v) is 8.77. The molecule has 0 saturated heterocycles. The molecule has 0 bridgehead atoms. The normalized spacial score (nSPS) is 18.0. The Labute approximate surface area is 148 Å². The standard InChI is InChI=1S/C19H25ClN2O2/c1-2-11-21-13-18(23)14-24-22-19-6-4-3-5-16(19)12-15-7-9-17(20)10-8-15/h6-12,18,22-23H,2-5,13-14H2,1H3/t18-/m1/s1. The molecule has 1 aliphatic rings. The predicted octanol–water partition coefficient (Wildman–Crippen LogP) is 4.15.